The van der Waals surface area contributed by atoms with Crippen LogP contribution in [0.25, 0.3) is 0 Å². The summed E-state index contributed by atoms with van der Waals surface area (Å²) in [6.07, 6.45) is 0. The van der Waals surface area contributed by atoms with Crippen LogP contribution < -0.4 is 9.64 Å². The Morgan fingerprint density at radius 3 is 2.21 bits per heavy atom. The van der Waals surface area contributed by atoms with Crippen LogP contribution in [0.3, 0.4) is 0 Å². The zero-order valence-electron chi connectivity index (χ0n) is 16.4. The number of rotatable bonds is 5. The first-order valence-electron chi connectivity index (χ1n) is 9.43. The molecule has 150 valence electrons. The van der Waals surface area contributed by atoms with Crippen LogP contribution in [0.5, 0.6) is 5.75 Å². The van der Waals surface area contributed by atoms with Crippen LogP contribution in [-0.4, -0.2) is 50.1 Å². The van der Waals surface area contributed by atoms with Gasteiger partial charge in [-0.3, -0.25) is 9.59 Å². The number of nitrogens with zero attached hydrogens (tertiary/aromatic N) is 2. The van der Waals surface area contributed by atoms with Crippen LogP contribution in [0.4, 0.5) is 5.69 Å². The van der Waals surface area contributed by atoms with Crippen LogP contribution in [0.15, 0.2) is 64.0 Å². The van der Waals surface area contributed by atoms with E-state index in [-0.39, 0.29) is 11.8 Å². The van der Waals surface area contributed by atoms with E-state index in [1.807, 2.05) is 36.1 Å². The molecule has 2 aliphatic rings. The van der Waals surface area contributed by atoms with E-state index in [9.17, 15) is 9.59 Å². The second-order valence-electron chi connectivity index (χ2n) is 6.84. The van der Waals surface area contributed by atoms with Gasteiger partial charge in [0.1, 0.15) is 16.4 Å². The van der Waals surface area contributed by atoms with Gasteiger partial charge in [0.25, 0.3) is 11.8 Å². The van der Waals surface area contributed by atoms with Gasteiger partial charge in [-0.05, 0) is 43.3 Å². The Balaban J connectivity index is 1.71. The number of hydrogen-bond acceptors (Lipinski definition) is 6. The molecule has 0 aromatic heterocycles. The lowest BCUT2D eigenvalue weighted by atomic mass is 10.2. The molecule has 0 bridgehead atoms. The first-order chi connectivity index (χ1) is 14.1. The van der Waals surface area contributed by atoms with Gasteiger partial charge in [0.15, 0.2) is 0 Å². The van der Waals surface area contributed by atoms with Gasteiger partial charge >= 0.3 is 0 Å². The van der Waals surface area contributed by atoms with Crippen molar-refractivity contribution in [3.8, 4) is 5.75 Å². The molecule has 7 heteroatoms. The maximum absolute atomic E-state index is 13.3. The molecule has 0 unspecified atom stereocenters. The maximum Gasteiger partial charge on any atom is 0.283 e. The van der Waals surface area contributed by atoms with Gasteiger partial charge in [0.2, 0.25) is 0 Å². The molecular weight excluding hydrogens is 388 g/mol. The average Bonchev–Trinajstić information content (AvgIpc) is 3.00. The largest absolute Gasteiger partial charge is 0.497 e. The molecular formula is C22H22N2O4S. The summed E-state index contributed by atoms with van der Waals surface area (Å²) in [7, 11) is 1.58. The van der Waals surface area contributed by atoms with E-state index in [1.54, 1.807) is 31.4 Å². The number of hydrogen-bond donors (Lipinski definition) is 0. The SMILES string of the molecule is COc1ccc(N2C(=O)C(Sc3ccc(C)cc3)=C(N3CCOCC3)C2=O)cc1. The van der Waals surface area contributed by atoms with E-state index in [2.05, 4.69) is 0 Å². The molecule has 2 amide bonds. The van der Waals surface area contributed by atoms with Gasteiger partial charge in [-0.2, -0.15) is 0 Å². The maximum atomic E-state index is 13.3. The Labute approximate surface area is 174 Å². The molecule has 0 N–H and O–H groups in total. The fourth-order valence-electron chi connectivity index (χ4n) is 3.35. The van der Waals surface area contributed by atoms with Crippen molar-refractivity contribution in [3.05, 3.63) is 64.7 Å². The number of ether oxygens (including phenoxy) is 2. The number of amides is 2. The van der Waals surface area contributed by atoms with Crippen molar-refractivity contribution < 1.29 is 19.1 Å². The van der Waals surface area contributed by atoms with Crippen molar-refractivity contribution in [1.82, 2.24) is 4.90 Å². The minimum atomic E-state index is -0.299. The third-order valence-electron chi connectivity index (χ3n) is 4.92. The Kier molecular flexibility index (Phi) is 5.60. The minimum Gasteiger partial charge on any atom is -0.497 e. The first kappa shape index (κ1) is 19.5. The number of carbonyl (C=O) groups excluding carboxylic acids is 2. The second-order valence-corrected chi connectivity index (χ2v) is 7.92. The third kappa shape index (κ3) is 3.88. The molecule has 1 saturated heterocycles. The van der Waals surface area contributed by atoms with Gasteiger partial charge in [0, 0.05) is 18.0 Å². The van der Waals surface area contributed by atoms with Crippen LogP contribution in [-0.2, 0) is 14.3 Å². The van der Waals surface area contributed by atoms with E-state index < -0.39 is 0 Å². The van der Waals surface area contributed by atoms with Gasteiger partial charge < -0.3 is 14.4 Å². The predicted molar refractivity (Wildman–Crippen MR) is 112 cm³/mol. The van der Waals surface area contributed by atoms with Crippen molar-refractivity contribution in [2.24, 2.45) is 0 Å². The smallest absolute Gasteiger partial charge is 0.283 e. The van der Waals surface area contributed by atoms with E-state index in [0.29, 0.717) is 48.3 Å². The van der Waals surface area contributed by atoms with Crippen molar-refractivity contribution in [3.63, 3.8) is 0 Å². The molecule has 29 heavy (non-hydrogen) atoms. The summed E-state index contributed by atoms with van der Waals surface area (Å²) in [5, 5.41) is 0. The quantitative estimate of drug-likeness (QED) is 0.706. The predicted octanol–water partition coefficient (Wildman–Crippen LogP) is 3.21. The molecule has 4 rings (SSSR count). The summed E-state index contributed by atoms with van der Waals surface area (Å²) in [6, 6.07) is 14.9. The number of methoxy groups -OCH3 is 1. The fourth-order valence-corrected chi connectivity index (χ4v) is 4.35. The van der Waals surface area contributed by atoms with E-state index >= 15 is 0 Å². The third-order valence-corrected chi connectivity index (χ3v) is 6.00. The van der Waals surface area contributed by atoms with Crippen molar-refractivity contribution in [2.45, 2.75) is 11.8 Å². The zero-order chi connectivity index (χ0) is 20.4. The number of imide groups is 1. The molecule has 0 radical (unpaired) electrons. The summed E-state index contributed by atoms with van der Waals surface area (Å²) < 4.78 is 10.6. The second kappa shape index (κ2) is 8.31. The zero-order valence-corrected chi connectivity index (χ0v) is 17.2. The lowest BCUT2D eigenvalue weighted by Gasteiger charge is -2.29. The van der Waals surface area contributed by atoms with Crippen molar-refractivity contribution in [2.75, 3.05) is 38.3 Å². The van der Waals surface area contributed by atoms with E-state index in [0.717, 1.165) is 10.5 Å². The summed E-state index contributed by atoms with van der Waals surface area (Å²) in [5.74, 6) is 0.0763. The van der Waals surface area contributed by atoms with Gasteiger partial charge in [-0.1, -0.05) is 29.5 Å². The molecule has 2 heterocycles. The molecule has 0 aliphatic carbocycles. The summed E-state index contributed by atoms with van der Waals surface area (Å²) in [4.78, 5) is 31.3. The summed E-state index contributed by atoms with van der Waals surface area (Å²) >= 11 is 1.34. The average molecular weight is 410 g/mol. The topological polar surface area (TPSA) is 59.1 Å². The van der Waals surface area contributed by atoms with Crippen LogP contribution in [0, 0.1) is 6.92 Å². The van der Waals surface area contributed by atoms with Gasteiger partial charge in [-0.25, -0.2) is 4.90 Å². The molecule has 1 fully saturated rings. The number of benzene rings is 2. The molecule has 2 aromatic carbocycles. The van der Waals surface area contributed by atoms with Crippen LogP contribution in [0.1, 0.15) is 5.56 Å². The number of morpholine rings is 1. The highest BCUT2D eigenvalue weighted by Gasteiger charge is 2.42. The number of anilines is 1. The Bertz CT molecular complexity index is 948. The lowest BCUT2D eigenvalue weighted by Crippen LogP contribution is -2.40. The highest BCUT2D eigenvalue weighted by Crippen LogP contribution is 2.39. The molecule has 0 atom stereocenters. The molecule has 2 aliphatic heterocycles. The lowest BCUT2D eigenvalue weighted by molar-refractivity contribution is -0.121. The Morgan fingerprint density at radius 2 is 1.59 bits per heavy atom. The Hall–Kier alpha value is -2.77. The van der Waals surface area contributed by atoms with E-state index in [1.165, 1.54) is 16.7 Å². The van der Waals surface area contributed by atoms with Crippen LogP contribution in [0.2, 0.25) is 0 Å². The molecule has 2 aromatic rings. The molecule has 0 spiro atoms. The number of thioether (sulfide) groups is 1. The summed E-state index contributed by atoms with van der Waals surface area (Å²) in [5.41, 5.74) is 2.14. The standard InChI is InChI=1S/C22H22N2O4S/c1-15-3-9-18(10-4-15)29-20-19(23-11-13-28-14-12-23)21(25)24(22(20)26)16-5-7-17(27-2)8-6-16/h3-10H,11-14H2,1-2H3. The molecule has 6 nitrogen and oxygen atoms in total. The first-order valence-corrected chi connectivity index (χ1v) is 10.2. The van der Waals surface area contributed by atoms with Gasteiger partial charge in [0.05, 0.1) is 26.0 Å². The monoisotopic (exact) mass is 410 g/mol. The fraction of sp³-hybridized carbons (Fsp3) is 0.273. The molecule has 0 saturated carbocycles. The highest BCUT2D eigenvalue weighted by molar-refractivity contribution is 8.04. The normalized spacial score (nSPS) is 17.3. The van der Waals surface area contributed by atoms with Gasteiger partial charge in [-0.15, -0.1) is 0 Å². The van der Waals surface area contributed by atoms with Crippen LogP contribution >= 0.6 is 11.8 Å². The van der Waals surface area contributed by atoms with E-state index in [4.69, 9.17) is 9.47 Å². The minimum absolute atomic E-state index is 0.295. The number of aryl methyl sites for hydroxylation is 1. The Morgan fingerprint density at radius 1 is 0.931 bits per heavy atom. The van der Waals surface area contributed by atoms with Crippen molar-refractivity contribution in [1.29, 1.82) is 0 Å². The summed E-state index contributed by atoms with van der Waals surface area (Å²) in [6.45, 7) is 4.26. The highest BCUT2D eigenvalue weighted by atomic mass is 32.2. The number of carbonyl (C=O) groups is 2. The van der Waals surface area contributed by atoms with Crippen molar-refractivity contribution >= 4 is 29.3 Å².